The third-order valence-corrected chi connectivity index (χ3v) is 3.54. The van der Waals surface area contributed by atoms with Gasteiger partial charge in [-0.15, -0.1) is 12.4 Å². The Bertz CT molecular complexity index is 519. The fourth-order valence-corrected chi connectivity index (χ4v) is 2.38. The van der Waals surface area contributed by atoms with Gasteiger partial charge in [-0.25, -0.2) is 0 Å². The number of hydrogen-bond donors (Lipinski definition) is 1. The van der Waals surface area contributed by atoms with Crippen LogP contribution in [0.15, 0.2) is 6.20 Å². The van der Waals surface area contributed by atoms with Crippen molar-refractivity contribution < 1.29 is 9.72 Å². The van der Waals surface area contributed by atoms with Crippen LogP contribution in [0.25, 0.3) is 0 Å². The van der Waals surface area contributed by atoms with Gasteiger partial charge in [0.05, 0.1) is 0 Å². The summed E-state index contributed by atoms with van der Waals surface area (Å²) >= 11 is 0. The van der Waals surface area contributed by atoms with Gasteiger partial charge in [0.1, 0.15) is 6.20 Å². The molecule has 1 fully saturated rings. The van der Waals surface area contributed by atoms with E-state index in [1.807, 2.05) is 11.8 Å². The molecule has 0 spiro atoms. The van der Waals surface area contributed by atoms with Crippen LogP contribution < -0.4 is 5.32 Å². The molecule has 1 aliphatic rings. The molecule has 1 saturated heterocycles. The predicted molar refractivity (Wildman–Crippen MR) is 79.5 cm³/mol. The van der Waals surface area contributed by atoms with Crippen LogP contribution in [0.2, 0.25) is 0 Å². The van der Waals surface area contributed by atoms with E-state index in [-0.39, 0.29) is 30.2 Å². The lowest BCUT2D eigenvalue weighted by atomic mass is 10.2. The second kappa shape index (κ2) is 7.37. The number of halogens is 1. The minimum absolute atomic E-state index is 0. The molecule has 0 unspecified atom stereocenters. The lowest BCUT2D eigenvalue weighted by Gasteiger charge is -2.34. The molecule has 2 rings (SSSR count). The van der Waals surface area contributed by atoms with Crippen LogP contribution in [0.5, 0.6) is 0 Å². The maximum absolute atomic E-state index is 12.2. The van der Waals surface area contributed by atoms with Crippen molar-refractivity contribution in [1.82, 2.24) is 19.8 Å². The van der Waals surface area contributed by atoms with Crippen LogP contribution in [0, 0.1) is 17.0 Å². The SMILES string of the molecule is Cc1nc([N+](=O)[O-])cn1CCC(=O)N1CCNC[C@H]1C.Cl. The zero-order chi connectivity index (χ0) is 14.7. The number of carbonyl (C=O) groups is 1. The first-order valence-electron chi connectivity index (χ1n) is 6.67. The van der Waals surface area contributed by atoms with Crippen molar-refractivity contribution in [3.8, 4) is 0 Å². The van der Waals surface area contributed by atoms with Crippen molar-refractivity contribution in [3.05, 3.63) is 22.1 Å². The van der Waals surface area contributed by atoms with E-state index in [9.17, 15) is 14.9 Å². The Hall–Kier alpha value is -1.67. The molecule has 1 atom stereocenters. The molecule has 0 radical (unpaired) electrons. The number of nitro groups is 1. The van der Waals surface area contributed by atoms with E-state index < -0.39 is 4.92 Å². The lowest BCUT2D eigenvalue weighted by molar-refractivity contribution is -0.389. The van der Waals surface area contributed by atoms with E-state index in [0.29, 0.717) is 25.3 Å². The Morgan fingerprint density at radius 3 is 2.90 bits per heavy atom. The molecule has 1 aromatic heterocycles. The van der Waals surface area contributed by atoms with Crippen molar-refractivity contribution >= 4 is 24.1 Å². The molecule has 0 saturated carbocycles. The number of amides is 1. The molecular weight excluding hydrogens is 298 g/mol. The van der Waals surface area contributed by atoms with Gasteiger partial charge >= 0.3 is 5.82 Å². The largest absolute Gasteiger partial charge is 0.381 e. The van der Waals surface area contributed by atoms with E-state index in [4.69, 9.17) is 0 Å². The normalized spacial score (nSPS) is 18.2. The second-order valence-electron chi connectivity index (χ2n) is 4.99. The molecular formula is C12H20ClN5O3. The summed E-state index contributed by atoms with van der Waals surface area (Å²) in [6.07, 6.45) is 1.71. The Kier molecular flexibility index (Phi) is 6.10. The highest BCUT2D eigenvalue weighted by molar-refractivity contribution is 5.85. The summed E-state index contributed by atoms with van der Waals surface area (Å²) in [5.74, 6) is 0.457. The quantitative estimate of drug-likeness (QED) is 0.653. The van der Waals surface area contributed by atoms with Crippen LogP contribution in [0.3, 0.4) is 0 Å². The van der Waals surface area contributed by atoms with Crippen molar-refractivity contribution in [2.24, 2.45) is 0 Å². The topological polar surface area (TPSA) is 93.3 Å². The van der Waals surface area contributed by atoms with Gasteiger partial charge in [0.25, 0.3) is 0 Å². The fraction of sp³-hybridized carbons (Fsp3) is 0.667. The van der Waals surface area contributed by atoms with Gasteiger partial charge in [-0.3, -0.25) is 4.79 Å². The van der Waals surface area contributed by atoms with E-state index in [1.54, 1.807) is 11.5 Å². The molecule has 0 aliphatic carbocycles. The second-order valence-corrected chi connectivity index (χ2v) is 4.99. The average Bonchev–Trinajstić information content (AvgIpc) is 2.78. The van der Waals surface area contributed by atoms with Crippen molar-refractivity contribution in [2.75, 3.05) is 19.6 Å². The van der Waals surface area contributed by atoms with Crippen LogP contribution >= 0.6 is 12.4 Å². The summed E-state index contributed by atoms with van der Waals surface area (Å²) in [4.78, 5) is 28.0. The monoisotopic (exact) mass is 317 g/mol. The fourth-order valence-electron chi connectivity index (χ4n) is 2.38. The zero-order valence-corrected chi connectivity index (χ0v) is 12.9. The van der Waals surface area contributed by atoms with Crippen LogP contribution in [-0.4, -0.2) is 51.0 Å². The highest BCUT2D eigenvalue weighted by Crippen LogP contribution is 2.12. The first-order chi connectivity index (χ1) is 9.49. The van der Waals surface area contributed by atoms with E-state index in [0.717, 1.165) is 13.1 Å². The summed E-state index contributed by atoms with van der Waals surface area (Å²) in [5.41, 5.74) is 0. The third kappa shape index (κ3) is 4.15. The van der Waals surface area contributed by atoms with Crippen molar-refractivity contribution in [1.29, 1.82) is 0 Å². The highest BCUT2D eigenvalue weighted by Gasteiger charge is 2.23. The van der Waals surface area contributed by atoms with Crippen LogP contribution in [0.1, 0.15) is 19.2 Å². The Morgan fingerprint density at radius 1 is 1.62 bits per heavy atom. The molecule has 9 heteroatoms. The summed E-state index contributed by atoms with van der Waals surface area (Å²) in [7, 11) is 0. The Balaban J connectivity index is 0.00000220. The van der Waals surface area contributed by atoms with E-state index >= 15 is 0 Å². The van der Waals surface area contributed by atoms with E-state index in [2.05, 4.69) is 10.3 Å². The lowest BCUT2D eigenvalue weighted by Crippen LogP contribution is -2.52. The maximum Gasteiger partial charge on any atom is 0.381 e. The number of piperazine rings is 1. The summed E-state index contributed by atoms with van der Waals surface area (Å²) in [6.45, 7) is 6.46. The number of aryl methyl sites for hydroxylation is 2. The molecule has 1 N–H and O–H groups in total. The number of nitrogens with zero attached hydrogens (tertiary/aromatic N) is 4. The number of carbonyl (C=O) groups excluding carboxylic acids is 1. The molecule has 2 heterocycles. The minimum Gasteiger partial charge on any atom is -0.358 e. The van der Waals surface area contributed by atoms with E-state index in [1.165, 1.54) is 6.20 Å². The van der Waals surface area contributed by atoms with Crippen LogP contribution in [0.4, 0.5) is 5.82 Å². The van der Waals surface area contributed by atoms with Crippen molar-refractivity contribution in [2.45, 2.75) is 32.9 Å². The van der Waals surface area contributed by atoms with Gasteiger partial charge in [-0.05, 0) is 16.8 Å². The average molecular weight is 318 g/mol. The van der Waals surface area contributed by atoms with Crippen molar-refractivity contribution in [3.63, 3.8) is 0 Å². The predicted octanol–water partition coefficient (Wildman–Crippen LogP) is 0.732. The standard InChI is InChI=1S/C12H19N5O3.ClH/c1-9-7-13-4-6-16(9)12(18)3-5-15-8-11(17(19)20)14-10(15)2;/h8-9,13H,3-7H2,1-2H3;1H/t9-;/m1./s1. The number of rotatable bonds is 4. The minimum atomic E-state index is -0.524. The molecule has 21 heavy (non-hydrogen) atoms. The number of aromatic nitrogens is 2. The molecule has 1 aliphatic heterocycles. The molecule has 0 aromatic carbocycles. The Morgan fingerprint density at radius 2 is 2.33 bits per heavy atom. The maximum atomic E-state index is 12.2. The smallest absolute Gasteiger partial charge is 0.358 e. The first-order valence-corrected chi connectivity index (χ1v) is 6.67. The van der Waals surface area contributed by atoms with Gasteiger partial charge in [0.15, 0.2) is 0 Å². The molecule has 1 aromatic rings. The van der Waals surface area contributed by atoms with Crippen LogP contribution in [-0.2, 0) is 11.3 Å². The van der Waals surface area contributed by atoms with Gasteiger partial charge in [-0.2, -0.15) is 0 Å². The number of imidazole rings is 1. The number of hydrogen-bond acceptors (Lipinski definition) is 5. The molecule has 8 nitrogen and oxygen atoms in total. The third-order valence-electron chi connectivity index (χ3n) is 3.54. The summed E-state index contributed by atoms with van der Waals surface area (Å²) < 4.78 is 1.66. The molecule has 1 amide bonds. The summed E-state index contributed by atoms with van der Waals surface area (Å²) in [6, 6.07) is 0.189. The summed E-state index contributed by atoms with van der Waals surface area (Å²) in [5, 5.41) is 13.9. The van der Waals surface area contributed by atoms with Gasteiger partial charge in [-0.1, -0.05) is 0 Å². The molecule has 0 bridgehead atoms. The number of nitrogens with one attached hydrogen (secondary N) is 1. The van der Waals surface area contributed by atoms with Gasteiger partial charge < -0.3 is 24.9 Å². The van der Waals surface area contributed by atoms with Gasteiger partial charge in [0.2, 0.25) is 11.7 Å². The highest BCUT2D eigenvalue weighted by atomic mass is 35.5. The Labute approximate surface area is 129 Å². The molecule has 118 valence electrons. The zero-order valence-electron chi connectivity index (χ0n) is 12.1. The van der Waals surface area contributed by atoms with Gasteiger partial charge in [0, 0.05) is 45.6 Å². The first kappa shape index (κ1) is 17.4.